The van der Waals surface area contributed by atoms with E-state index in [4.69, 9.17) is 17.3 Å². The maximum absolute atomic E-state index is 11.3. The summed E-state index contributed by atoms with van der Waals surface area (Å²) in [5.41, 5.74) is 7.42. The van der Waals surface area contributed by atoms with Crippen LogP contribution in [0.25, 0.3) is 0 Å². The summed E-state index contributed by atoms with van der Waals surface area (Å²) in [5, 5.41) is 0.482. The largest absolute Gasteiger partial charge is 0.366 e. The third-order valence-corrected chi connectivity index (χ3v) is 4.23. The van der Waals surface area contributed by atoms with E-state index in [1.807, 2.05) is 24.3 Å². The summed E-state index contributed by atoms with van der Waals surface area (Å²) in [6.07, 6.45) is 1.72. The van der Waals surface area contributed by atoms with E-state index in [0.29, 0.717) is 10.6 Å². The van der Waals surface area contributed by atoms with E-state index in [9.17, 15) is 4.79 Å². The summed E-state index contributed by atoms with van der Waals surface area (Å²) in [7, 11) is 0. The van der Waals surface area contributed by atoms with E-state index >= 15 is 0 Å². The van der Waals surface area contributed by atoms with Crippen molar-refractivity contribution in [3.05, 3.63) is 52.5 Å². The van der Waals surface area contributed by atoms with Gasteiger partial charge in [0, 0.05) is 27.1 Å². The SMILES string of the molecule is NC(=O)c1cc(Cl)c2c(c1)Sc1ccccc1N=C2. The molecule has 1 aliphatic heterocycles. The molecule has 2 aromatic rings. The summed E-state index contributed by atoms with van der Waals surface area (Å²) < 4.78 is 0. The number of hydrogen-bond donors (Lipinski definition) is 1. The quantitative estimate of drug-likeness (QED) is 0.743. The Morgan fingerprint density at radius 2 is 2.00 bits per heavy atom. The number of para-hydroxylation sites is 1. The topological polar surface area (TPSA) is 55.5 Å². The van der Waals surface area contributed by atoms with Crippen LogP contribution in [0, 0.1) is 0 Å². The second kappa shape index (κ2) is 4.72. The molecule has 0 aromatic heterocycles. The van der Waals surface area contributed by atoms with Crippen LogP contribution in [0.1, 0.15) is 15.9 Å². The molecule has 0 saturated carbocycles. The smallest absolute Gasteiger partial charge is 0.248 e. The van der Waals surface area contributed by atoms with Gasteiger partial charge in [0.2, 0.25) is 5.91 Å². The van der Waals surface area contributed by atoms with E-state index < -0.39 is 5.91 Å². The highest BCUT2D eigenvalue weighted by atomic mass is 35.5. The fourth-order valence-electron chi connectivity index (χ4n) is 1.85. The van der Waals surface area contributed by atoms with Crippen LogP contribution in [0.2, 0.25) is 5.02 Å². The van der Waals surface area contributed by atoms with Crippen molar-refractivity contribution >= 4 is 41.2 Å². The highest BCUT2D eigenvalue weighted by Crippen LogP contribution is 2.40. The average molecular weight is 289 g/mol. The lowest BCUT2D eigenvalue weighted by Gasteiger charge is -2.07. The van der Waals surface area contributed by atoms with Gasteiger partial charge in [-0.2, -0.15) is 0 Å². The molecular formula is C14H9ClN2OS. The van der Waals surface area contributed by atoms with Gasteiger partial charge in [0.1, 0.15) is 0 Å². The van der Waals surface area contributed by atoms with Gasteiger partial charge in [-0.3, -0.25) is 9.79 Å². The molecule has 1 aliphatic rings. The Bertz CT molecular complexity index is 713. The van der Waals surface area contributed by atoms with Crippen LogP contribution in [0.5, 0.6) is 0 Å². The van der Waals surface area contributed by atoms with Gasteiger partial charge >= 0.3 is 0 Å². The molecule has 1 heterocycles. The Morgan fingerprint density at radius 1 is 1.21 bits per heavy atom. The van der Waals surface area contributed by atoms with Gasteiger partial charge in [0.15, 0.2) is 0 Å². The number of fused-ring (bicyclic) bond motifs is 2. The van der Waals surface area contributed by atoms with Crippen LogP contribution >= 0.6 is 23.4 Å². The fourth-order valence-corrected chi connectivity index (χ4v) is 3.24. The molecule has 5 heteroatoms. The molecule has 0 spiro atoms. The summed E-state index contributed by atoms with van der Waals surface area (Å²) in [5.74, 6) is -0.486. The molecule has 0 fully saturated rings. The van der Waals surface area contributed by atoms with Crippen molar-refractivity contribution in [2.24, 2.45) is 10.7 Å². The van der Waals surface area contributed by atoms with Crippen molar-refractivity contribution in [2.75, 3.05) is 0 Å². The predicted octanol–water partition coefficient (Wildman–Crippen LogP) is 3.65. The Balaban J connectivity index is 2.19. The van der Waals surface area contributed by atoms with Gasteiger partial charge in [-0.15, -0.1) is 0 Å². The second-order valence-electron chi connectivity index (χ2n) is 4.06. The third kappa shape index (κ3) is 2.25. The van der Waals surface area contributed by atoms with Crippen molar-refractivity contribution in [1.82, 2.24) is 0 Å². The number of aliphatic imine (C=N–C) groups is 1. The second-order valence-corrected chi connectivity index (χ2v) is 5.55. The van der Waals surface area contributed by atoms with Crippen LogP contribution < -0.4 is 5.73 Å². The van der Waals surface area contributed by atoms with E-state index in [-0.39, 0.29) is 0 Å². The molecule has 0 radical (unpaired) electrons. The number of amides is 1. The average Bonchev–Trinajstić information content (AvgIpc) is 2.57. The van der Waals surface area contributed by atoms with E-state index in [2.05, 4.69) is 4.99 Å². The number of nitrogens with two attached hydrogens (primary N) is 1. The van der Waals surface area contributed by atoms with Crippen LogP contribution in [-0.4, -0.2) is 12.1 Å². The lowest BCUT2D eigenvalue weighted by Crippen LogP contribution is -2.11. The molecule has 19 heavy (non-hydrogen) atoms. The van der Waals surface area contributed by atoms with Crippen molar-refractivity contribution in [3.63, 3.8) is 0 Å². The molecule has 0 bridgehead atoms. The maximum atomic E-state index is 11.3. The number of halogens is 1. The molecule has 0 saturated heterocycles. The number of rotatable bonds is 1. The minimum Gasteiger partial charge on any atom is -0.366 e. The molecule has 94 valence electrons. The van der Waals surface area contributed by atoms with Gasteiger partial charge < -0.3 is 5.73 Å². The van der Waals surface area contributed by atoms with E-state index in [1.54, 1.807) is 18.3 Å². The van der Waals surface area contributed by atoms with Gasteiger partial charge in [-0.1, -0.05) is 35.5 Å². The number of benzene rings is 2. The zero-order valence-corrected chi connectivity index (χ0v) is 11.3. The van der Waals surface area contributed by atoms with Gasteiger partial charge in [0.25, 0.3) is 0 Å². The number of primary amides is 1. The van der Waals surface area contributed by atoms with E-state index in [1.165, 1.54) is 11.8 Å². The van der Waals surface area contributed by atoms with Crippen molar-refractivity contribution < 1.29 is 4.79 Å². The predicted molar refractivity (Wildman–Crippen MR) is 77.8 cm³/mol. The molecule has 3 nitrogen and oxygen atoms in total. The Morgan fingerprint density at radius 3 is 2.79 bits per heavy atom. The highest BCUT2D eigenvalue weighted by molar-refractivity contribution is 7.99. The van der Waals surface area contributed by atoms with Crippen LogP contribution in [-0.2, 0) is 0 Å². The first-order chi connectivity index (χ1) is 9.15. The molecule has 0 unspecified atom stereocenters. The molecule has 2 aromatic carbocycles. The summed E-state index contributed by atoms with van der Waals surface area (Å²) in [6, 6.07) is 11.1. The molecule has 3 rings (SSSR count). The number of nitrogens with zero attached hydrogens (tertiary/aromatic N) is 1. The number of carbonyl (C=O) groups is 1. The normalized spacial score (nSPS) is 12.5. The van der Waals surface area contributed by atoms with Gasteiger partial charge in [-0.05, 0) is 24.3 Å². The Labute approximate surface area is 119 Å². The molecule has 0 aliphatic carbocycles. The van der Waals surface area contributed by atoms with Crippen LogP contribution in [0.3, 0.4) is 0 Å². The highest BCUT2D eigenvalue weighted by Gasteiger charge is 2.16. The van der Waals surface area contributed by atoms with Gasteiger partial charge in [-0.25, -0.2) is 0 Å². The summed E-state index contributed by atoms with van der Waals surface area (Å²) in [4.78, 5) is 17.6. The first-order valence-electron chi connectivity index (χ1n) is 5.59. The minimum absolute atomic E-state index is 0.407. The molecule has 0 atom stereocenters. The first kappa shape index (κ1) is 12.3. The maximum Gasteiger partial charge on any atom is 0.248 e. The number of carbonyl (C=O) groups excluding carboxylic acids is 1. The lowest BCUT2D eigenvalue weighted by molar-refractivity contribution is 0.1000. The minimum atomic E-state index is -0.486. The van der Waals surface area contributed by atoms with Crippen LogP contribution in [0.15, 0.2) is 51.2 Å². The molecular weight excluding hydrogens is 280 g/mol. The Hall–Kier alpha value is -1.78. The van der Waals surface area contributed by atoms with Crippen LogP contribution in [0.4, 0.5) is 5.69 Å². The summed E-state index contributed by atoms with van der Waals surface area (Å²) in [6.45, 7) is 0. The van der Waals surface area contributed by atoms with Crippen molar-refractivity contribution in [3.8, 4) is 0 Å². The summed E-state index contributed by atoms with van der Waals surface area (Å²) >= 11 is 7.73. The zero-order valence-electron chi connectivity index (χ0n) is 9.76. The molecule has 1 amide bonds. The zero-order chi connectivity index (χ0) is 13.4. The standard InChI is InChI=1S/C14H9ClN2OS/c15-10-5-8(14(16)18)6-13-9(10)7-17-11-3-1-2-4-12(11)19-13/h1-7H,(H2,16,18). The molecule has 2 N–H and O–H groups in total. The fraction of sp³-hybridized carbons (Fsp3) is 0. The first-order valence-corrected chi connectivity index (χ1v) is 6.79. The van der Waals surface area contributed by atoms with Crippen molar-refractivity contribution in [1.29, 1.82) is 0 Å². The monoisotopic (exact) mass is 288 g/mol. The van der Waals surface area contributed by atoms with Gasteiger partial charge in [0.05, 0.1) is 10.7 Å². The van der Waals surface area contributed by atoms with E-state index in [0.717, 1.165) is 21.0 Å². The third-order valence-electron chi connectivity index (χ3n) is 2.79. The van der Waals surface area contributed by atoms with Crippen molar-refractivity contribution in [2.45, 2.75) is 9.79 Å². The lowest BCUT2D eigenvalue weighted by atomic mass is 10.1. The number of hydrogen-bond acceptors (Lipinski definition) is 3. The Kier molecular flexibility index (Phi) is 3.05.